The molecule has 0 aromatic carbocycles. The fourth-order valence-corrected chi connectivity index (χ4v) is 3.84. The summed E-state index contributed by atoms with van der Waals surface area (Å²) in [5.41, 5.74) is -0.645. The van der Waals surface area contributed by atoms with Crippen LogP contribution in [-0.4, -0.2) is 25.8 Å². The molecule has 0 spiro atoms. The maximum atomic E-state index is 11.2. The van der Waals surface area contributed by atoms with E-state index in [1.165, 1.54) is 0 Å². The molecule has 1 aliphatic heterocycles. The lowest BCUT2D eigenvalue weighted by Crippen LogP contribution is -2.20. The largest absolute Gasteiger partial charge is 0.229 e. The molecule has 0 saturated carbocycles. The Balaban J connectivity index is 2.70. The lowest BCUT2D eigenvalue weighted by molar-refractivity contribution is 0.412. The third kappa shape index (κ3) is 2.58. The summed E-state index contributed by atoms with van der Waals surface area (Å²) < 4.78 is 22.4. The van der Waals surface area contributed by atoms with Crippen LogP contribution in [0, 0.1) is 16.7 Å². The van der Waals surface area contributed by atoms with Gasteiger partial charge in [0.15, 0.2) is 9.84 Å². The van der Waals surface area contributed by atoms with E-state index in [-0.39, 0.29) is 11.5 Å². The normalized spacial score (nSPS) is 31.4. The van der Waals surface area contributed by atoms with Gasteiger partial charge in [-0.2, -0.15) is 5.26 Å². The standard InChI is InChI=1S/C8H12ClNO2S/c9-4-1-2-8(6-10)3-5-13(11,12)7-8/h1-5,7H2. The van der Waals surface area contributed by atoms with Crippen LogP contribution in [0.25, 0.3) is 0 Å². The summed E-state index contributed by atoms with van der Waals surface area (Å²) in [7, 11) is -2.96. The number of nitriles is 1. The van der Waals surface area contributed by atoms with Crippen LogP contribution in [0.2, 0.25) is 0 Å². The van der Waals surface area contributed by atoms with Crippen molar-refractivity contribution in [2.24, 2.45) is 5.41 Å². The van der Waals surface area contributed by atoms with Crippen LogP contribution >= 0.6 is 11.6 Å². The summed E-state index contributed by atoms with van der Waals surface area (Å²) in [6.45, 7) is 0. The molecule has 0 N–H and O–H groups in total. The summed E-state index contributed by atoms with van der Waals surface area (Å²) in [4.78, 5) is 0. The smallest absolute Gasteiger partial charge is 0.151 e. The van der Waals surface area contributed by atoms with Crippen molar-refractivity contribution in [1.82, 2.24) is 0 Å². The molecule has 0 aromatic rings. The van der Waals surface area contributed by atoms with Gasteiger partial charge in [-0.25, -0.2) is 8.42 Å². The SMILES string of the molecule is N#CC1(CCCCl)CCS(=O)(=O)C1. The molecule has 1 aliphatic rings. The molecular formula is C8H12ClNO2S. The highest BCUT2D eigenvalue weighted by atomic mass is 35.5. The van der Waals surface area contributed by atoms with Crippen LogP contribution in [-0.2, 0) is 9.84 Å². The predicted octanol–water partition coefficient (Wildman–Crippen LogP) is 1.33. The van der Waals surface area contributed by atoms with Crippen LogP contribution in [0.1, 0.15) is 19.3 Å². The second-order valence-corrected chi connectivity index (χ2v) is 6.09. The minimum atomic E-state index is -2.96. The van der Waals surface area contributed by atoms with Crippen LogP contribution in [0.3, 0.4) is 0 Å². The Labute approximate surface area is 83.6 Å². The third-order valence-electron chi connectivity index (χ3n) is 2.41. The molecule has 1 unspecified atom stereocenters. The number of rotatable bonds is 3. The van der Waals surface area contributed by atoms with Crippen LogP contribution in [0.15, 0.2) is 0 Å². The van der Waals surface area contributed by atoms with E-state index in [9.17, 15) is 8.42 Å². The van der Waals surface area contributed by atoms with Crippen molar-refractivity contribution in [3.8, 4) is 6.07 Å². The molecule has 0 aromatic heterocycles. The molecule has 0 radical (unpaired) electrons. The van der Waals surface area contributed by atoms with Crippen LogP contribution in [0.4, 0.5) is 0 Å². The van der Waals surface area contributed by atoms with Gasteiger partial charge in [-0.1, -0.05) is 0 Å². The maximum Gasteiger partial charge on any atom is 0.151 e. The van der Waals surface area contributed by atoms with E-state index in [1.807, 2.05) is 0 Å². The first kappa shape index (κ1) is 10.8. The van der Waals surface area contributed by atoms with Crippen LogP contribution in [0.5, 0.6) is 0 Å². The van der Waals surface area contributed by atoms with E-state index in [0.29, 0.717) is 25.1 Å². The Morgan fingerprint density at radius 2 is 2.23 bits per heavy atom. The Bertz CT molecular complexity index is 320. The molecule has 1 fully saturated rings. The molecular weight excluding hydrogens is 210 g/mol. The average molecular weight is 222 g/mol. The second-order valence-electron chi connectivity index (χ2n) is 3.53. The van der Waals surface area contributed by atoms with Gasteiger partial charge in [-0.3, -0.25) is 0 Å². The highest BCUT2D eigenvalue weighted by Gasteiger charge is 2.41. The van der Waals surface area contributed by atoms with E-state index in [2.05, 4.69) is 6.07 Å². The maximum absolute atomic E-state index is 11.2. The first-order chi connectivity index (χ1) is 6.04. The Morgan fingerprint density at radius 1 is 1.54 bits per heavy atom. The third-order valence-corrected chi connectivity index (χ3v) is 4.50. The van der Waals surface area contributed by atoms with E-state index < -0.39 is 15.3 Å². The molecule has 1 saturated heterocycles. The molecule has 3 nitrogen and oxygen atoms in total. The Hall–Kier alpha value is -0.270. The van der Waals surface area contributed by atoms with Gasteiger partial charge in [-0.05, 0) is 19.3 Å². The van der Waals surface area contributed by atoms with E-state index in [1.54, 1.807) is 0 Å². The zero-order valence-electron chi connectivity index (χ0n) is 7.29. The molecule has 1 heterocycles. The predicted molar refractivity (Wildman–Crippen MR) is 51.3 cm³/mol. The number of alkyl halides is 1. The van der Waals surface area contributed by atoms with Gasteiger partial charge in [-0.15, -0.1) is 11.6 Å². The van der Waals surface area contributed by atoms with Crippen molar-refractivity contribution < 1.29 is 8.42 Å². The molecule has 74 valence electrons. The van der Waals surface area contributed by atoms with Crippen molar-refractivity contribution in [3.63, 3.8) is 0 Å². The lowest BCUT2D eigenvalue weighted by atomic mass is 9.85. The molecule has 0 amide bonds. The van der Waals surface area contributed by atoms with E-state index >= 15 is 0 Å². The average Bonchev–Trinajstić information content (AvgIpc) is 2.40. The summed E-state index contributed by atoms with van der Waals surface area (Å²) in [6.07, 6.45) is 1.79. The highest BCUT2D eigenvalue weighted by Crippen LogP contribution is 2.36. The quantitative estimate of drug-likeness (QED) is 0.676. The molecule has 13 heavy (non-hydrogen) atoms. The van der Waals surface area contributed by atoms with Gasteiger partial charge in [0.2, 0.25) is 0 Å². The minimum Gasteiger partial charge on any atom is -0.229 e. The van der Waals surface area contributed by atoms with Gasteiger partial charge in [0.1, 0.15) is 0 Å². The summed E-state index contributed by atoms with van der Waals surface area (Å²) in [6, 6.07) is 2.13. The van der Waals surface area contributed by atoms with Crippen molar-refractivity contribution in [1.29, 1.82) is 5.26 Å². The fraction of sp³-hybridized carbons (Fsp3) is 0.875. The van der Waals surface area contributed by atoms with Gasteiger partial charge in [0, 0.05) is 5.88 Å². The zero-order valence-corrected chi connectivity index (χ0v) is 8.86. The number of halogens is 1. The van der Waals surface area contributed by atoms with Gasteiger partial charge in [0.05, 0.1) is 23.0 Å². The molecule has 1 atom stereocenters. The Kier molecular flexibility index (Phi) is 3.20. The van der Waals surface area contributed by atoms with Gasteiger partial charge >= 0.3 is 0 Å². The Morgan fingerprint density at radius 3 is 2.62 bits per heavy atom. The monoisotopic (exact) mass is 221 g/mol. The first-order valence-electron chi connectivity index (χ1n) is 4.21. The highest BCUT2D eigenvalue weighted by molar-refractivity contribution is 7.91. The molecule has 1 rings (SSSR count). The molecule has 0 bridgehead atoms. The lowest BCUT2D eigenvalue weighted by Gasteiger charge is -2.16. The molecule has 0 aliphatic carbocycles. The number of sulfone groups is 1. The number of nitrogens with zero attached hydrogens (tertiary/aromatic N) is 1. The fourth-order valence-electron chi connectivity index (χ4n) is 1.66. The van der Waals surface area contributed by atoms with Crippen molar-refractivity contribution in [2.45, 2.75) is 19.3 Å². The van der Waals surface area contributed by atoms with Crippen molar-refractivity contribution in [2.75, 3.05) is 17.4 Å². The topological polar surface area (TPSA) is 57.9 Å². The summed E-state index contributed by atoms with van der Waals surface area (Å²) in [5, 5.41) is 8.92. The van der Waals surface area contributed by atoms with Crippen LogP contribution < -0.4 is 0 Å². The summed E-state index contributed by atoms with van der Waals surface area (Å²) >= 11 is 5.51. The van der Waals surface area contributed by atoms with Crippen molar-refractivity contribution in [3.05, 3.63) is 0 Å². The van der Waals surface area contributed by atoms with Gasteiger partial charge < -0.3 is 0 Å². The van der Waals surface area contributed by atoms with Crippen molar-refractivity contribution >= 4 is 21.4 Å². The number of hydrogen-bond acceptors (Lipinski definition) is 3. The van der Waals surface area contributed by atoms with E-state index in [4.69, 9.17) is 16.9 Å². The zero-order chi connectivity index (χ0) is 9.95. The van der Waals surface area contributed by atoms with E-state index in [0.717, 1.165) is 0 Å². The first-order valence-corrected chi connectivity index (χ1v) is 6.57. The van der Waals surface area contributed by atoms with Gasteiger partial charge in [0.25, 0.3) is 0 Å². The summed E-state index contributed by atoms with van der Waals surface area (Å²) in [5.74, 6) is 0.666. The number of hydrogen-bond donors (Lipinski definition) is 0. The second kappa shape index (κ2) is 3.85. The minimum absolute atomic E-state index is 0.0212. The molecule has 5 heteroatoms.